The molecule has 0 saturated heterocycles. The van der Waals surface area contributed by atoms with Gasteiger partial charge in [-0.2, -0.15) is 0 Å². The van der Waals surface area contributed by atoms with Crippen molar-refractivity contribution in [2.45, 2.75) is 6.92 Å². The molecule has 3 nitrogen and oxygen atoms in total. The SMILES string of the molecule is C/C(=C\n1ccnc1)C(=O)c1ccc(Cl)cc1Cl. The predicted molar refractivity (Wildman–Crippen MR) is 73.0 cm³/mol. The van der Waals surface area contributed by atoms with Crippen LogP contribution in [0.4, 0.5) is 0 Å². The Balaban J connectivity index is 2.31. The van der Waals surface area contributed by atoms with Crippen LogP contribution in [0.5, 0.6) is 0 Å². The van der Waals surface area contributed by atoms with E-state index in [4.69, 9.17) is 23.2 Å². The Morgan fingerprint density at radius 3 is 2.78 bits per heavy atom. The molecule has 0 N–H and O–H groups in total. The lowest BCUT2D eigenvalue weighted by atomic mass is 10.1. The highest BCUT2D eigenvalue weighted by Gasteiger charge is 2.12. The van der Waals surface area contributed by atoms with E-state index in [0.717, 1.165) is 0 Å². The maximum Gasteiger partial charge on any atom is 0.191 e. The molecule has 0 aliphatic heterocycles. The summed E-state index contributed by atoms with van der Waals surface area (Å²) in [5, 5.41) is 0.860. The monoisotopic (exact) mass is 280 g/mol. The fraction of sp³-hybridized carbons (Fsp3) is 0.0769. The van der Waals surface area contributed by atoms with E-state index in [1.165, 1.54) is 0 Å². The van der Waals surface area contributed by atoms with Crippen LogP contribution in [0, 0.1) is 0 Å². The largest absolute Gasteiger partial charge is 0.313 e. The number of halogens is 2. The average molecular weight is 281 g/mol. The first-order valence-corrected chi connectivity index (χ1v) is 5.99. The van der Waals surface area contributed by atoms with Gasteiger partial charge < -0.3 is 4.57 Å². The zero-order chi connectivity index (χ0) is 13.1. The van der Waals surface area contributed by atoms with Crippen LogP contribution in [0.3, 0.4) is 0 Å². The molecule has 0 fully saturated rings. The normalized spacial score (nSPS) is 11.6. The van der Waals surface area contributed by atoms with E-state index in [0.29, 0.717) is 21.2 Å². The topological polar surface area (TPSA) is 34.9 Å². The summed E-state index contributed by atoms with van der Waals surface area (Å²) < 4.78 is 1.71. The van der Waals surface area contributed by atoms with Crippen molar-refractivity contribution in [3.63, 3.8) is 0 Å². The Morgan fingerprint density at radius 2 is 2.17 bits per heavy atom. The summed E-state index contributed by atoms with van der Waals surface area (Å²) in [5.41, 5.74) is 1.01. The van der Waals surface area contributed by atoms with Gasteiger partial charge in [0, 0.05) is 34.8 Å². The number of benzene rings is 1. The van der Waals surface area contributed by atoms with Crippen LogP contribution < -0.4 is 0 Å². The molecule has 0 radical (unpaired) electrons. The Hall–Kier alpha value is -1.58. The summed E-state index contributed by atoms with van der Waals surface area (Å²) in [5.74, 6) is -0.134. The number of hydrogen-bond acceptors (Lipinski definition) is 2. The van der Waals surface area contributed by atoms with E-state index in [9.17, 15) is 4.79 Å². The van der Waals surface area contributed by atoms with Crippen molar-refractivity contribution in [3.8, 4) is 0 Å². The van der Waals surface area contributed by atoms with Crippen LogP contribution in [-0.2, 0) is 0 Å². The zero-order valence-electron chi connectivity index (χ0n) is 9.60. The average Bonchev–Trinajstić information content (AvgIpc) is 2.81. The van der Waals surface area contributed by atoms with Gasteiger partial charge in [-0.1, -0.05) is 23.2 Å². The molecule has 1 aromatic heterocycles. The van der Waals surface area contributed by atoms with Gasteiger partial charge in [0.1, 0.15) is 0 Å². The van der Waals surface area contributed by atoms with Gasteiger partial charge in [0.05, 0.1) is 11.3 Å². The lowest BCUT2D eigenvalue weighted by molar-refractivity contribution is 0.103. The highest BCUT2D eigenvalue weighted by molar-refractivity contribution is 6.37. The molecular weight excluding hydrogens is 271 g/mol. The number of carbonyl (C=O) groups excluding carboxylic acids is 1. The van der Waals surface area contributed by atoms with Gasteiger partial charge in [0.25, 0.3) is 0 Å². The van der Waals surface area contributed by atoms with E-state index < -0.39 is 0 Å². The van der Waals surface area contributed by atoms with Crippen molar-refractivity contribution < 1.29 is 4.79 Å². The quantitative estimate of drug-likeness (QED) is 0.631. The Labute approximate surface area is 115 Å². The number of allylic oxidation sites excluding steroid dienone is 1. The lowest BCUT2D eigenvalue weighted by Crippen LogP contribution is -2.02. The number of imidazole rings is 1. The second-order valence-electron chi connectivity index (χ2n) is 3.78. The van der Waals surface area contributed by atoms with Gasteiger partial charge in [-0.3, -0.25) is 4.79 Å². The Bertz CT molecular complexity index is 603. The maximum absolute atomic E-state index is 12.2. The van der Waals surface area contributed by atoms with Gasteiger partial charge in [0.15, 0.2) is 5.78 Å². The summed E-state index contributed by atoms with van der Waals surface area (Å²) in [6.45, 7) is 1.73. The summed E-state index contributed by atoms with van der Waals surface area (Å²) >= 11 is 11.8. The number of nitrogens with zero attached hydrogens (tertiary/aromatic N) is 2. The van der Waals surface area contributed by atoms with Crippen molar-refractivity contribution in [2.75, 3.05) is 0 Å². The van der Waals surface area contributed by atoms with Crippen molar-refractivity contribution >= 4 is 35.2 Å². The molecule has 2 rings (SSSR count). The third-order valence-electron chi connectivity index (χ3n) is 2.40. The van der Waals surface area contributed by atoms with Gasteiger partial charge in [-0.05, 0) is 25.1 Å². The first kappa shape index (κ1) is 12.9. The minimum Gasteiger partial charge on any atom is -0.313 e. The van der Waals surface area contributed by atoms with E-state index in [1.807, 2.05) is 0 Å². The van der Waals surface area contributed by atoms with Gasteiger partial charge in [-0.25, -0.2) is 4.98 Å². The summed E-state index contributed by atoms with van der Waals surface area (Å²) in [4.78, 5) is 16.1. The molecule has 0 atom stereocenters. The molecule has 0 unspecified atom stereocenters. The van der Waals surface area contributed by atoms with Crippen LogP contribution in [0.15, 0.2) is 42.5 Å². The molecule has 1 aromatic carbocycles. The third kappa shape index (κ3) is 2.81. The molecule has 0 spiro atoms. The molecule has 0 aliphatic rings. The molecule has 1 heterocycles. The number of rotatable bonds is 3. The van der Waals surface area contributed by atoms with Crippen LogP contribution in [0.1, 0.15) is 17.3 Å². The van der Waals surface area contributed by atoms with Crippen molar-refractivity contribution in [1.29, 1.82) is 0 Å². The zero-order valence-corrected chi connectivity index (χ0v) is 11.1. The molecule has 92 valence electrons. The predicted octanol–water partition coefficient (Wildman–Crippen LogP) is 3.93. The Morgan fingerprint density at radius 1 is 1.39 bits per heavy atom. The fourth-order valence-corrected chi connectivity index (χ4v) is 2.01. The van der Waals surface area contributed by atoms with E-state index in [2.05, 4.69) is 4.98 Å². The van der Waals surface area contributed by atoms with E-state index >= 15 is 0 Å². The molecule has 5 heteroatoms. The van der Waals surface area contributed by atoms with Crippen LogP contribution in [0.25, 0.3) is 6.20 Å². The molecule has 0 saturated carbocycles. The van der Waals surface area contributed by atoms with E-state index in [1.54, 1.807) is 54.6 Å². The van der Waals surface area contributed by atoms with Gasteiger partial charge in [-0.15, -0.1) is 0 Å². The minimum absolute atomic E-state index is 0.134. The number of Topliss-reactive ketones (excluding diaryl/α,β-unsaturated/α-hetero) is 1. The molecule has 0 aliphatic carbocycles. The molecule has 2 aromatic rings. The fourth-order valence-electron chi connectivity index (χ4n) is 1.51. The molecule has 18 heavy (non-hydrogen) atoms. The number of aromatic nitrogens is 2. The standard InChI is InChI=1S/C13H10Cl2N2O/c1-9(7-17-5-4-16-8-17)13(18)11-3-2-10(14)6-12(11)15/h2-8H,1H3/b9-7+. The number of hydrogen-bond donors (Lipinski definition) is 0. The van der Waals surface area contributed by atoms with Crippen LogP contribution >= 0.6 is 23.2 Å². The maximum atomic E-state index is 12.2. The summed E-state index contributed by atoms with van der Waals surface area (Å²) in [7, 11) is 0. The van der Waals surface area contributed by atoms with Crippen molar-refractivity contribution in [3.05, 3.63) is 58.1 Å². The van der Waals surface area contributed by atoms with Gasteiger partial charge >= 0.3 is 0 Å². The number of carbonyl (C=O) groups is 1. The van der Waals surface area contributed by atoms with E-state index in [-0.39, 0.29) is 5.78 Å². The first-order valence-electron chi connectivity index (χ1n) is 5.23. The molecule has 0 bridgehead atoms. The smallest absolute Gasteiger partial charge is 0.191 e. The highest BCUT2D eigenvalue weighted by Crippen LogP contribution is 2.23. The molecular formula is C13H10Cl2N2O. The number of ketones is 1. The molecule has 0 amide bonds. The second kappa shape index (κ2) is 5.38. The van der Waals surface area contributed by atoms with Crippen molar-refractivity contribution in [2.24, 2.45) is 0 Å². The van der Waals surface area contributed by atoms with Crippen LogP contribution in [0.2, 0.25) is 10.0 Å². The minimum atomic E-state index is -0.134. The van der Waals surface area contributed by atoms with Crippen LogP contribution in [-0.4, -0.2) is 15.3 Å². The Kier molecular flexibility index (Phi) is 3.84. The highest BCUT2D eigenvalue weighted by atomic mass is 35.5. The summed E-state index contributed by atoms with van der Waals surface area (Å²) in [6, 6.07) is 4.82. The van der Waals surface area contributed by atoms with Crippen molar-refractivity contribution in [1.82, 2.24) is 9.55 Å². The lowest BCUT2D eigenvalue weighted by Gasteiger charge is -2.04. The third-order valence-corrected chi connectivity index (χ3v) is 2.95. The second-order valence-corrected chi connectivity index (χ2v) is 4.62. The van der Waals surface area contributed by atoms with Gasteiger partial charge in [0.2, 0.25) is 0 Å². The summed E-state index contributed by atoms with van der Waals surface area (Å²) in [6.07, 6.45) is 6.70. The first-order chi connectivity index (χ1) is 8.58.